The van der Waals surface area contributed by atoms with Crippen LogP contribution in [0.25, 0.3) is 0 Å². The highest BCUT2D eigenvalue weighted by Crippen LogP contribution is 2.17. The van der Waals surface area contributed by atoms with Gasteiger partial charge in [0.25, 0.3) is 0 Å². The Kier molecular flexibility index (Phi) is 3.92. The highest BCUT2D eigenvalue weighted by atomic mass is 32.1. The molecule has 0 aliphatic rings. The number of rotatable bonds is 5. The molecule has 3 nitrogen and oxygen atoms in total. The summed E-state index contributed by atoms with van der Waals surface area (Å²) in [6.07, 6.45) is 0.176. The van der Waals surface area contributed by atoms with Gasteiger partial charge >= 0.3 is 5.97 Å². The van der Waals surface area contributed by atoms with E-state index in [1.54, 1.807) is 11.3 Å². The molecule has 0 radical (unpaired) electrons. The third kappa shape index (κ3) is 3.57. The molecule has 1 aromatic heterocycles. The van der Waals surface area contributed by atoms with E-state index < -0.39 is 5.97 Å². The van der Waals surface area contributed by atoms with Crippen LogP contribution in [0.3, 0.4) is 0 Å². The van der Waals surface area contributed by atoms with Crippen LogP contribution in [0.15, 0.2) is 17.5 Å². The molecule has 0 saturated carbocycles. The second-order valence-electron chi connectivity index (χ2n) is 2.83. The number of carboxylic acids is 1. The van der Waals surface area contributed by atoms with E-state index in [2.05, 4.69) is 5.32 Å². The lowest BCUT2D eigenvalue weighted by Crippen LogP contribution is -2.21. The molecule has 1 unspecified atom stereocenters. The van der Waals surface area contributed by atoms with Crippen molar-refractivity contribution in [2.75, 3.05) is 6.54 Å². The molecule has 4 heteroatoms. The number of carboxylic acid groups (broad SMARTS) is 1. The average Bonchev–Trinajstić information content (AvgIpc) is 2.55. The number of thiophene rings is 1. The monoisotopic (exact) mass is 199 g/mol. The fourth-order valence-corrected chi connectivity index (χ4v) is 1.79. The number of nitrogens with one attached hydrogen (secondary N) is 1. The molecule has 0 fully saturated rings. The van der Waals surface area contributed by atoms with Crippen molar-refractivity contribution < 1.29 is 9.90 Å². The Morgan fingerprint density at radius 2 is 2.54 bits per heavy atom. The van der Waals surface area contributed by atoms with Crippen molar-refractivity contribution in [2.45, 2.75) is 19.4 Å². The first-order valence-corrected chi connectivity index (χ1v) is 5.06. The third-order valence-electron chi connectivity index (χ3n) is 1.76. The molecule has 1 rings (SSSR count). The zero-order valence-electron chi connectivity index (χ0n) is 7.49. The van der Waals surface area contributed by atoms with Gasteiger partial charge in [-0.15, -0.1) is 11.3 Å². The zero-order chi connectivity index (χ0) is 9.68. The van der Waals surface area contributed by atoms with Gasteiger partial charge in [-0.3, -0.25) is 4.79 Å². The van der Waals surface area contributed by atoms with Crippen molar-refractivity contribution >= 4 is 17.3 Å². The van der Waals surface area contributed by atoms with Gasteiger partial charge in [-0.05, 0) is 18.4 Å². The smallest absolute Gasteiger partial charge is 0.304 e. The molecule has 0 aliphatic heterocycles. The molecular weight excluding hydrogens is 186 g/mol. The first kappa shape index (κ1) is 10.2. The van der Waals surface area contributed by atoms with Gasteiger partial charge in [0, 0.05) is 17.5 Å². The molecule has 2 N–H and O–H groups in total. The van der Waals surface area contributed by atoms with Crippen molar-refractivity contribution in [2.24, 2.45) is 0 Å². The summed E-state index contributed by atoms with van der Waals surface area (Å²) in [5, 5.41) is 13.6. The normalized spacial score (nSPS) is 12.7. The lowest BCUT2D eigenvalue weighted by molar-refractivity contribution is -0.136. The van der Waals surface area contributed by atoms with Crippen LogP contribution in [0.2, 0.25) is 0 Å². The summed E-state index contributed by atoms with van der Waals surface area (Å²) in [5.41, 5.74) is 0. The highest BCUT2D eigenvalue weighted by Gasteiger charge is 2.05. The van der Waals surface area contributed by atoms with E-state index in [9.17, 15) is 4.79 Å². The van der Waals surface area contributed by atoms with Crippen LogP contribution < -0.4 is 5.32 Å². The van der Waals surface area contributed by atoms with E-state index in [-0.39, 0.29) is 12.5 Å². The van der Waals surface area contributed by atoms with Crippen molar-refractivity contribution in [3.05, 3.63) is 22.4 Å². The number of hydrogen-bond donors (Lipinski definition) is 2. The van der Waals surface area contributed by atoms with Crippen LogP contribution in [-0.4, -0.2) is 17.6 Å². The summed E-state index contributed by atoms with van der Waals surface area (Å²) in [6.45, 7) is 2.56. The fraction of sp³-hybridized carbons (Fsp3) is 0.444. The van der Waals surface area contributed by atoms with Crippen LogP contribution >= 0.6 is 11.3 Å². The van der Waals surface area contributed by atoms with Gasteiger partial charge in [0.15, 0.2) is 0 Å². The minimum absolute atomic E-state index is 0.176. The van der Waals surface area contributed by atoms with Crippen molar-refractivity contribution in [1.29, 1.82) is 0 Å². The molecule has 72 valence electrons. The molecule has 1 aromatic rings. The quantitative estimate of drug-likeness (QED) is 0.761. The molecule has 0 aromatic carbocycles. The average molecular weight is 199 g/mol. The van der Waals surface area contributed by atoms with Gasteiger partial charge < -0.3 is 10.4 Å². The maximum atomic E-state index is 10.2. The first-order valence-electron chi connectivity index (χ1n) is 4.18. The van der Waals surface area contributed by atoms with Crippen molar-refractivity contribution in [3.63, 3.8) is 0 Å². The second-order valence-corrected chi connectivity index (χ2v) is 3.81. The Hall–Kier alpha value is -0.870. The molecule has 0 spiro atoms. The van der Waals surface area contributed by atoms with E-state index in [1.165, 1.54) is 4.88 Å². The minimum atomic E-state index is -0.758. The van der Waals surface area contributed by atoms with Crippen LogP contribution in [0.5, 0.6) is 0 Å². The number of aliphatic carboxylic acids is 1. The van der Waals surface area contributed by atoms with Gasteiger partial charge in [0.05, 0.1) is 6.42 Å². The van der Waals surface area contributed by atoms with Crippen LogP contribution in [0, 0.1) is 0 Å². The van der Waals surface area contributed by atoms with Crippen LogP contribution in [0.1, 0.15) is 24.3 Å². The van der Waals surface area contributed by atoms with E-state index >= 15 is 0 Å². The molecule has 0 bridgehead atoms. The van der Waals surface area contributed by atoms with Gasteiger partial charge in [-0.1, -0.05) is 6.07 Å². The highest BCUT2D eigenvalue weighted by molar-refractivity contribution is 7.10. The minimum Gasteiger partial charge on any atom is -0.481 e. The SMILES string of the molecule is CC(NCCC(=O)O)c1cccs1. The van der Waals surface area contributed by atoms with Gasteiger partial charge in [0.1, 0.15) is 0 Å². The van der Waals surface area contributed by atoms with Gasteiger partial charge in [-0.2, -0.15) is 0 Å². The van der Waals surface area contributed by atoms with Crippen LogP contribution in [-0.2, 0) is 4.79 Å². The Balaban J connectivity index is 2.26. The lowest BCUT2D eigenvalue weighted by Gasteiger charge is -2.10. The number of hydrogen-bond acceptors (Lipinski definition) is 3. The summed E-state index contributed by atoms with van der Waals surface area (Å²) < 4.78 is 0. The molecule has 1 atom stereocenters. The third-order valence-corrected chi connectivity index (χ3v) is 2.81. The molecule has 0 saturated heterocycles. The zero-order valence-corrected chi connectivity index (χ0v) is 8.30. The fourth-order valence-electron chi connectivity index (χ4n) is 1.03. The molecule has 13 heavy (non-hydrogen) atoms. The summed E-state index contributed by atoms with van der Waals surface area (Å²) in [4.78, 5) is 11.5. The van der Waals surface area contributed by atoms with Crippen molar-refractivity contribution in [1.82, 2.24) is 5.32 Å². The van der Waals surface area contributed by atoms with E-state index in [0.717, 1.165) is 0 Å². The largest absolute Gasteiger partial charge is 0.481 e. The Morgan fingerprint density at radius 1 is 1.77 bits per heavy atom. The second kappa shape index (κ2) is 4.99. The molecular formula is C9H13NO2S. The summed E-state index contributed by atoms with van der Waals surface area (Å²) in [7, 11) is 0. The van der Waals surface area contributed by atoms with E-state index in [4.69, 9.17) is 5.11 Å². The lowest BCUT2D eigenvalue weighted by atomic mass is 10.2. The van der Waals surface area contributed by atoms with E-state index in [1.807, 2.05) is 24.4 Å². The first-order chi connectivity index (χ1) is 6.20. The summed E-state index contributed by atoms with van der Waals surface area (Å²) >= 11 is 1.68. The maximum Gasteiger partial charge on any atom is 0.304 e. The number of carbonyl (C=O) groups is 1. The van der Waals surface area contributed by atoms with Gasteiger partial charge in [0.2, 0.25) is 0 Å². The predicted octanol–water partition coefficient (Wildman–Crippen LogP) is 1.87. The van der Waals surface area contributed by atoms with Crippen molar-refractivity contribution in [3.8, 4) is 0 Å². The standard InChI is InChI=1S/C9H13NO2S/c1-7(8-3-2-6-13-8)10-5-4-9(11)12/h2-3,6-7,10H,4-5H2,1H3,(H,11,12). The summed E-state index contributed by atoms with van der Waals surface area (Å²) in [6, 6.07) is 4.29. The molecule has 0 amide bonds. The molecule has 1 heterocycles. The van der Waals surface area contributed by atoms with Gasteiger partial charge in [-0.25, -0.2) is 0 Å². The Morgan fingerprint density at radius 3 is 3.08 bits per heavy atom. The Labute approximate surface area is 81.4 Å². The topological polar surface area (TPSA) is 49.3 Å². The predicted molar refractivity (Wildman–Crippen MR) is 53.0 cm³/mol. The Bertz CT molecular complexity index is 259. The van der Waals surface area contributed by atoms with E-state index in [0.29, 0.717) is 6.54 Å². The maximum absolute atomic E-state index is 10.2. The van der Waals surface area contributed by atoms with Crippen LogP contribution in [0.4, 0.5) is 0 Å². The molecule has 0 aliphatic carbocycles. The summed E-state index contributed by atoms with van der Waals surface area (Å²) in [5.74, 6) is -0.758.